The number of aliphatic carboxylic acids is 1. The third-order valence-corrected chi connectivity index (χ3v) is 5.16. The summed E-state index contributed by atoms with van der Waals surface area (Å²) in [6.45, 7) is 5.09. The van der Waals surface area contributed by atoms with Crippen molar-refractivity contribution < 1.29 is 19.6 Å². The number of hydrogen-bond acceptors (Lipinski definition) is 5. The molecule has 0 aliphatic carbocycles. The fraction of sp³-hybridized carbons (Fsp3) is 0.556. The lowest BCUT2D eigenvalue weighted by atomic mass is 9.76. The van der Waals surface area contributed by atoms with E-state index in [1.807, 2.05) is 13.8 Å². The second kappa shape index (κ2) is 8.16. The van der Waals surface area contributed by atoms with Gasteiger partial charge in [0.15, 0.2) is 0 Å². The van der Waals surface area contributed by atoms with Crippen LogP contribution in [0.15, 0.2) is 24.3 Å². The number of amides is 1. The van der Waals surface area contributed by atoms with Gasteiger partial charge >= 0.3 is 5.97 Å². The zero-order valence-corrected chi connectivity index (χ0v) is 15.1. The molecule has 1 saturated heterocycles. The van der Waals surface area contributed by atoms with E-state index < -0.39 is 16.3 Å². The van der Waals surface area contributed by atoms with Gasteiger partial charge in [-0.15, -0.1) is 0 Å². The molecule has 0 spiro atoms. The molecule has 142 valence electrons. The van der Waals surface area contributed by atoms with E-state index in [1.54, 1.807) is 17.0 Å². The average molecular weight is 363 g/mol. The number of likely N-dealkylation sites (tertiary alicyclic amines) is 1. The van der Waals surface area contributed by atoms with Crippen LogP contribution in [-0.2, 0) is 9.59 Å². The summed E-state index contributed by atoms with van der Waals surface area (Å²) in [6, 6.07) is 6.11. The molecule has 1 aliphatic heterocycles. The van der Waals surface area contributed by atoms with Gasteiger partial charge in [0.05, 0.1) is 10.3 Å². The van der Waals surface area contributed by atoms with E-state index >= 15 is 0 Å². The Morgan fingerprint density at radius 1 is 1.35 bits per heavy atom. The average Bonchev–Trinajstić information content (AvgIpc) is 3.06. The summed E-state index contributed by atoms with van der Waals surface area (Å²) in [5.41, 5.74) is -0.0482. The first kappa shape index (κ1) is 19.7. The van der Waals surface area contributed by atoms with Gasteiger partial charge in [-0.3, -0.25) is 19.7 Å². The molecular formula is C18H25N3O5. The van der Waals surface area contributed by atoms with Gasteiger partial charge in [-0.25, -0.2) is 0 Å². The Morgan fingerprint density at radius 3 is 2.50 bits per heavy atom. The van der Waals surface area contributed by atoms with Gasteiger partial charge < -0.3 is 15.3 Å². The van der Waals surface area contributed by atoms with Crippen LogP contribution in [0.5, 0.6) is 0 Å². The number of hydrogen-bond donors (Lipinski definition) is 2. The van der Waals surface area contributed by atoms with Gasteiger partial charge in [-0.2, -0.15) is 0 Å². The summed E-state index contributed by atoms with van der Waals surface area (Å²) < 4.78 is 0. The Morgan fingerprint density at radius 2 is 2.00 bits per heavy atom. The highest BCUT2D eigenvalue weighted by molar-refractivity contribution is 5.80. The van der Waals surface area contributed by atoms with E-state index in [1.165, 1.54) is 12.1 Å². The number of carbonyl (C=O) groups excluding carboxylic acids is 1. The van der Waals surface area contributed by atoms with E-state index in [9.17, 15) is 24.8 Å². The lowest BCUT2D eigenvalue weighted by Gasteiger charge is -2.28. The zero-order valence-electron chi connectivity index (χ0n) is 15.1. The maximum Gasteiger partial charge on any atom is 0.311 e. The third kappa shape index (κ3) is 4.30. The second-order valence-corrected chi connectivity index (χ2v) is 7.02. The van der Waals surface area contributed by atoms with Crippen LogP contribution in [0.2, 0.25) is 0 Å². The minimum absolute atomic E-state index is 0.0263. The summed E-state index contributed by atoms with van der Waals surface area (Å²) >= 11 is 0. The standard InChI is InChI=1S/C18H25N3O5/c1-13(2)18(17(23)24)9-11-20(12-18)16(22)4-3-10-19-14-5-7-15(8-6-14)21(25)26/h5-8,13,19H,3-4,9-12H2,1-2H3,(H,23,24). The van der Waals surface area contributed by atoms with Crippen LogP contribution >= 0.6 is 0 Å². The Bertz CT molecular complexity index is 674. The molecule has 0 bridgehead atoms. The van der Waals surface area contributed by atoms with Crippen LogP contribution in [0.1, 0.15) is 33.1 Å². The molecule has 8 nitrogen and oxygen atoms in total. The predicted molar refractivity (Wildman–Crippen MR) is 96.9 cm³/mol. The summed E-state index contributed by atoms with van der Waals surface area (Å²) in [7, 11) is 0. The Hall–Kier alpha value is -2.64. The number of carboxylic acid groups (broad SMARTS) is 1. The van der Waals surface area contributed by atoms with E-state index in [2.05, 4.69) is 5.32 Å². The maximum absolute atomic E-state index is 12.3. The minimum Gasteiger partial charge on any atom is -0.481 e. The Kier molecular flexibility index (Phi) is 6.18. The summed E-state index contributed by atoms with van der Waals surface area (Å²) in [5, 5.41) is 23.3. The first-order valence-electron chi connectivity index (χ1n) is 8.76. The fourth-order valence-electron chi connectivity index (χ4n) is 3.27. The molecule has 1 fully saturated rings. The lowest BCUT2D eigenvalue weighted by molar-refractivity contribution is -0.384. The van der Waals surface area contributed by atoms with Gasteiger partial charge in [0.25, 0.3) is 5.69 Å². The molecule has 0 radical (unpaired) electrons. The Balaban J connectivity index is 1.77. The minimum atomic E-state index is -0.841. The first-order chi connectivity index (χ1) is 12.3. The number of nitrogens with zero attached hydrogens (tertiary/aromatic N) is 2. The number of nitro benzene ring substituents is 1. The van der Waals surface area contributed by atoms with Crippen LogP contribution in [0.25, 0.3) is 0 Å². The van der Waals surface area contributed by atoms with Crippen LogP contribution in [-0.4, -0.2) is 46.4 Å². The largest absolute Gasteiger partial charge is 0.481 e. The van der Waals surface area contributed by atoms with Crippen molar-refractivity contribution in [3.05, 3.63) is 34.4 Å². The topological polar surface area (TPSA) is 113 Å². The molecule has 1 aliphatic rings. The highest BCUT2D eigenvalue weighted by atomic mass is 16.6. The van der Waals surface area contributed by atoms with E-state index in [4.69, 9.17) is 0 Å². The number of benzene rings is 1. The van der Waals surface area contributed by atoms with Crippen molar-refractivity contribution in [1.29, 1.82) is 0 Å². The number of carboxylic acids is 1. The van der Waals surface area contributed by atoms with E-state index in [0.717, 1.165) is 5.69 Å². The molecule has 0 aromatic heterocycles. The summed E-state index contributed by atoms with van der Waals surface area (Å²) in [5.74, 6) is -0.886. The van der Waals surface area contributed by atoms with Crippen molar-refractivity contribution in [2.75, 3.05) is 25.0 Å². The number of nitro groups is 1. The van der Waals surface area contributed by atoms with Gasteiger partial charge in [0, 0.05) is 43.9 Å². The van der Waals surface area contributed by atoms with Crippen molar-refractivity contribution in [2.24, 2.45) is 11.3 Å². The molecule has 1 heterocycles. The van der Waals surface area contributed by atoms with E-state index in [-0.39, 0.29) is 24.1 Å². The molecule has 8 heteroatoms. The molecular weight excluding hydrogens is 338 g/mol. The molecule has 2 rings (SSSR count). The van der Waals surface area contributed by atoms with Crippen LogP contribution < -0.4 is 5.32 Å². The highest BCUT2D eigenvalue weighted by Crippen LogP contribution is 2.38. The summed E-state index contributed by atoms with van der Waals surface area (Å²) in [4.78, 5) is 35.8. The molecule has 1 aromatic rings. The molecule has 26 heavy (non-hydrogen) atoms. The van der Waals surface area contributed by atoms with Crippen molar-refractivity contribution in [1.82, 2.24) is 4.90 Å². The highest BCUT2D eigenvalue weighted by Gasteiger charge is 2.48. The SMILES string of the molecule is CC(C)C1(C(=O)O)CCN(C(=O)CCCNc2ccc([N+](=O)[O-])cc2)C1. The first-order valence-corrected chi connectivity index (χ1v) is 8.76. The van der Waals surface area contributed by atoms with Gasteiger partial charge in [-0.1, -0.05) is 13.8 Å². The quantitative estimate of drug-likeness (QED) is 0.417. The van der Waals surface area contributed by atoms with E-state index in [0.29, 0.717) is 32.4 Å². The Labute approximate surface area is 152 Å². The van der Waals surface area contributed by atoms with Crippen molar-refractivity contribution in [2.45, 2.75) is 33.1 Å². The molecule has 0 saturated carbocycles. The monoisotopic (exact) mass is 363 g/mol. The number of carbonyl (C=O) groups is 2. The third-order valence-electron chi connectivity index (χ3n) is 5.16. The number of anilines is 1. The van der Waals surface area contributed by atoms with Crippen LogP contribution in [0, 0.1) is 21.4 Å². The maximum atomic E-state index is 12.3. The number of nitrogens with one attached hydrogen (secondary N) is 1. The molecule has 2 N–H and O–H groups in total. The second-order valence-electron chi connectivity index (χ2n) is 7.02. The number of rotatable bonds is 8. The van der Waals surface area contributed by atoms with Gasteiger partial charge in [0.2, 0.25) is 5.91 Å². The van der Waals surface area contributed by atoms with Crippen molar-refractivity contribution >= 4 is 23.3 Å². The smallest absolute Gasteiger partial charge is 0.311 e. The van der Waals surface area contributed by atoms with Crippen LogP contribution in [0.4, 0.5) is 11.4 Å². The van der Waals surface area contributed by atoms with Gasteiger partial charge in [-0.05, 0) is 30.9 Å². The van der Waals surface area contributed by atoms with Crippen LogP contribution in [0.3, 0.4) is 0 Å². The molecule has 1 atom stereocenters. The van der Waals surface area contributed by atoms with Crippen molar-refractivity contribution in [3.63, 3.8) is 0 Å². The number of non-ortho nitro benzene ring substituents is 1. The molecule has 1 aromatic carbocycles. The molecule has 1 unspecified atom stereocenters. The normalized spacial score (nSPS) is 19.6. The van der Waals surface area contributed by atoms with Crippen molar-refractivity contribution in [3.8, 4) is 0 Å². The summed E-state index contributed by atoms with van der Waals surface area (Å²) in [6.07, 6.45) is 1.44. The zero-order chi connectivity index (χ0) is 19.3. The predicted octanol–water partition coefficient (Wildman–Crippen LogP) is 2.75. The lowest BCUT2D eigenvalue weighted by Crippen LogP contribution is -2.40. The molecule has 1 amide bonds. The van der Waals surface area contributed by atoms with Gasteiger partial charge in [0.1, 0.15) is 0 Å². The fourth-order valence-corrected chi connectivity index (χ4v) is 3.27.